The van der Waals surface area contributed by atoms with Gasteiger partial charge in [0.25, 0.3) is 10.0 Å². The topological polar surface area (TPSA) is 84.9 Å². The zero-order valence-electron chi connectivity index (χ0n) is 18.3. The molecule has 3 aromatic carbocycles. The molecule has 3 aromatic rings. The molecule has 0 fully saturated rings. The van der Waals surface area contributed by atoms with E-state index in [1.54, 1.807) is 67.8 Å². The smallest absolute Gasteiger partial charge is 0.264 e. The van der Waals surface area contributed by atoms with Gasteiger partial charge in [-0.3, -0.25) is 9.10 Å². The fourth-order valence-electron chi connectivity index (χ4n) is 3.01. The van der Waals surface area contributed by atoms with Crippen LogP contribution in [-0.4, -0.2) is 41.1 Å². The van der Waals surface area contributed by atoms with E-state index in [4.69, 9.17) is 21.1 Å². The fraction of sp³-hybridized carbons (Fsp3) is 0.208. The van der Waals surface area contributed by atoms with Crippen molar-refractivity contribution in [3.8, 4) is 11.5 Å². The van der Waals surface area contributed by atoms with Gasteiger partial charge in [-0.1, -0.05) is 41.4 Å². The van der Waals surface area contributed by atoms with Crippen LogP contribution in [0, 0.1) is 6.92 Å². The van der Waals surface area contributed by atoms with Crippen LogP contribution in [0.2, 0.25) is 5.02 Å². The van der Waals surface area contributed by atoms with Crippen molar-refractivity contribution in [1.82, 2.24) is 5.32 Å². The number of rotatable bonds is 10. The molecule has 0 saturated carbocycles. The van der Waals surface area contributed by atoms with Crippen molar-refractivity contribution in [2.75, 3.05) is 31.1 Å². The lowest BCUT2D eigenvalue weighted by Gasteiger charge is -2.25. The number of halogens is 1. The van der Waals surface area contributed by atoms with Crippen LogP contribution in [0.3, 0.4) is 0 Å². The van der Waals surface area contributed by atoms with Crippen LogP contribution in [0.1, 0.15) is 5.56 Å². The Balaban J connectivity index is 1.68. The number of ether oxygens (including phenoxy) is 2. The van der Waals surface area contributed by atoms with Gasteiger partial charge < -0.3 is 14.8 Å². The summed E-state index contributed by atoms with van der Waals surface area (Å²) < 4.78 is 38.4. The Kier molecular flexibility index (Phi) is 8.19. The molecule has 0 saturated heterocycles. The molecule has 1 amide bonds. The number of para-hydroxylation sites is 1. The van der Waals surface area contributed by atoms with E-state index < -0.39 is 22.5 Å². The highest BCUT2D eigenvalue weighted by Crippen LogP contribution is 2.30. The lowest BCUT2D eigenvalue weighted by molar-refractivity contribution is -0.119. The standard InChI is InChI=1S/C24H25ClN2O5S/c1-18-7-13-21(14-8-18)33(29,30)27(23-6-4-3-5-22(23)25)17-24(28)26-15-16-32-20-11-9-19(31-2)10-12-20/h3-14H,15-17H2,1-2H3,(H,26,28). The zero-order chi connectivity index (χ0) is 23.8. The Morgan fingerprint density at radius 1 is 0.970 bits per heavy atom. The molecule has 33 heavy (non-hydrogen) atoms. The molecule has 0 atom stereocenters. The van der Waals surface area contributed by atoms with E-state index in [-0.39, 0.29) is 28.8 Å². The van der Waals surface area contributed by atoms with Crippen molar-refractivity contribution in [3.63, 3.8) is 0 Å². The number of sulfonamides is 1. The molecule has 0 aliphatic carbocycles. The maximum absolute atomic E-state index is 13.4. The Hall–Kier alpha value is -3.23. The molecule has 9 heteroatoms. The number of nitrogens with zero attached hydrogens (tertiary/aromatic N) is 1. The van der Waals surface area contributed by atoms with Crippen LogP contribution >= 0.6 is 11.6 Å². The van der Waals surface area contributed by atoms with E-state index in [1.807, 2.05) is 6.92 Å². The summed E-state index contributed by atoms with van der Waals surface area (Å²) in [6.07, 6.45) is 0. The predicted octanol–water partition coefficient (Wildman–Crippen LogP) is 4.05. The third kappa shape index (κ3) is 6.40. The van der Waals surface area contributed by atoms with Crippen molar-refractivity contribution in [1.29, 1.82) is 0 Å². The Labute approximate surface area is 198 Å². The normalized spacial score (nSPS) is 11.0. The van der Waals surface area contributed by atoms with Gasteiger partial charge in [0.15, 0.2) is 0 Å². The van der Waals surface area contributed by atoms with Crippen molar-refractivity contribution >= 4 is 33.2 Å². The van der Waals surface area contributed by atoms with Crippen LogP contribution in [0.4, 0.5) is 5.69 Å². The average Bonchev–Trinajstić information content (AvgIpc) is 2.81. The van der Waals surface area contributed by atoms with Gasteiger partial charge in [0.1, 0.15) is 24.7 Å². The van der Waals surface area contributed by atoms with E-state index in [2.05, 4.69) is 5.32 Å². The number of anilines is 1. The SMILES string of the molecule is COc1ccc(OCCNC(=O)CN(c2ccccc2Cl)S(=O)(=O)c2ccc(C)cc2)cc1. The van der Waals surface area contributed by atoms with Crippen LogP contribution in [-0.2, 0) is 14.8 Å². The molecule has 1 N–H and O–H groups in total. The molecule has 0 spiro atoms. The number of carbonyl (C=O) groups is 1. The summed E-state index contributed by atoms with van der Waals surface area (Å²) in [6, 6.07) is 20.0. The maximum Gasteiger partial charge on any atom is 0.264 e. The Bertz CT molecular complexity index is 1180. The number of benzene rings is 3. The van der Waals surface area contributed by atoms with E-state index in [9.17, 15) is 13.2 Å². The Morgan fingerprint density at radius 2 is 1.61 bits per heavy atom. The molecular formula is C24H25ClN2O5S. The third-order valence-corrected chi connectivity index (χ3v) is 6.86. The maximum atomic E-state index is 13.4. The lowest BCUT2D eigenvalue weighted by Crippen LogP contribution is -2.42. The summed E-state index contributed by atoms with van der Waals surface area (Å²) in [6.45, 7) is 1.85. The lowest BCUT2D eigenvalue weighted by atomic mass is 10.2. The van der Waals surface area contributed by atoms with Gasteiger partial charge in [0.2, 0.25) is 5.91 Å². The molecular weight excluding hydrogens is 464 g/mol. The molecule has 7 nitrogen and oxygen atoms in total. The first-order chi connectivity index (χ1) is 15.8. The van der Waals surface area contributed by atoms with E-state index in [0.29, 0.717) is 11.5 Å². The van der Waals surface area contributed by atoms with Gasteiger partial charge in [-0.05, 0) is 55.5 Å². The number of nitrogens with one attached hydrogen (secondary N) is 1. The first-order valence-electron chi connectivity index (χ1n) is 10.2. The molecule has 174 valence electrons. The van der Waals surface area contributed by atoms with E-state index in [0.717, 1.165) is 9.87 Å². The largest absolute Gasteiger partial charge is 0.497 e. The summed E-state index contributed by atoms with van der Waals surface area (Å²) in [5.74, 6) is 0.860. The molecule has 0 aliphatic heterocycles. The summed E-state index contributed by atoms with van der Waals surface area (Å²) in [7, 11) is -2.44. The second-order valence-corrected chi connectivity index (χ2v) is 9.42. The number of amides is 1. The fourth-order valence-corrected chi connectivity index (χ4v) is 4.74. The van der Waals surface area contributed by atoms with Crippen molar-refractivity contribution in [2.45, 2.75) is 11.8 Å². The van der Waals surface area contributed by atoms with Gasteiger partial charge >= 0.3 is 0 Å². The first-order valence-corrected chi connectivity index (χ1v) is 12.0. The van der Waals surface area contributed by atoms with Crippen molar-refractivity contribution in [2.24, 2.45) is 0 Å². The third-order valence-electron chi connectivity index (χ3n) is 4.77. The second kappa shape index (κ2) is 11.1. The minimum atomic E-state index is -4.02. The molecule has 0 heterocycles. The number of methoxy groups -OCH3 is 1. The highest BCUT2D eigenvalue weighted by Gasteiger charge is 2.28. The van der Waals surface area contributed by atoms with Gasteiger partial charge in [-0.15, -0.1) is 0 Å². The van der Waals surface area contributed by atoms with Crippen LogP contribution in [0.5, 0.6) is 11.5 Å². The molecule has 0 aromatic heterocycles. The van der Waals surface area contributed by atoms with Crippen molar-refractivity contribution in [3.05, 3.63) is 83.4 Å². The summed E-state index contributed by atoms with van der Waals surface area (Å²) in [5, 5.41) is 2.92. The molecule has 0 bridgehead atoms. The van der Waals surface area contributed by atoms with Crippen LogP contribution in [0.25, 0.3) is 0 Å². The monoisotopic (exact) mass is 488 g/mol. The van der Waals surface area contributed by atoms with Crippen molar-refractivity contribution < 1.29 is 22.7 Å². The highest BCUT2D eigenvalue weighted by atomic mass is 35.5. The number of hydrogen-bond acceptors (Lipinski definition) is 5. The predicted molar refractivity (Wildman–Crippen MR) is 129 cm³/mol. The summed E-state index contributed by atoms with van der Waals surface area (Å²) in [5.41, 5.74) is 1.15. The van der Waals surface area contributed by atoms with Gasteiger partial charge in [0.05, 0.1) is 29.3 Å². The Morgan fingerprint density at radius 3 is 2.24 bits per heavy atom. The molecule has 0 radical (unpaired) electrons. The first kappa shape index (κ1) is 24.4. The average molecular weight is 489 g/mol. The van der Waals surface area contributed by atoms with E-state index in [1.165, 1.54) is 12.1 Å². The minimum Gasteiger partial charge on any atom is -0.497 e. The van der Waals surface area contributed by atoms with Gasteiger partial charge in [-0.2, -0.15) is 0 Å². The molecule has 3 rings (SSSR count). The number of carbonyl (C=O) groups excluding carboxylic acids is 1. The molecule has 0 unspecified atom stereocenters. The van der Waals surface area contributed by atoms with Gasteiger partial charge in [-0.25, -0.2) is 8.42 Å². The number of hydrogen-bond donors (Lipinski definition) is 1. The van der Waals surface area contributed by atoms with Gasteiger partial charge in [0, 0.05) is 0 Å². The minimum absolute atomic E-state index is 0.0728. The zero-order valence-corrected chi connectivity index (χ0v) is 19.9. The van der Waals surface area contributed by atoms with Crippen LogP contribution in [0.15, 0.2) is 77.7 Å². The van der Waals surface area contributed by atoms with Crippen LogP contribution < -0.4 is 19.1 Å². The quantitative estimate of drug-likeness (QED) is 0.435. The summed E-state index contributed by atoms with van der Waals surface area (Å²) >= 11 is 6.27. The van der Waals surface area contributed by atoms with E-state index >= 15 is 0 Å². The number of aryl methyl sites for hydroxylation is 1. The molecule has 0 aliphatic rings. The highest BCUT2D eigenvalue weighted by molar-refractivity contribution is 7.92. The summed E-state index contributed by atoms with van der Waals surface area (Å²) in [4.78, 5) is 12.7. The second-order valence-electron chi connectivity index (χ2n) is 7.15.